The fourth-order valence-corrected chi connectivity index (χ4v) is 2.58. The number of benzene rings is 2. The molecular formula is C16H18ClFN2. The number of nitrogens with two attached hydrogens (primary N) is 1. The van der Waals surface area contributed by atoms with Crippen LogP contribution < -0.4 is 10.6 Å². The molecule has 0 spiro atoms. The first-order valence-electron chi connectivity index (χ1n) is 6.48. The van der Waals surface area contributed by atoms with E-state index < -0.39 is 5.82 Å². The minimum atomic E-state index is -0.398. The summed E-state index contributed by atoms with van der Waals surface area (Å²) in [6.45, 7) is 2.33. The highest BCUT2D eigenvalue weighted by atomic mass is 35.5. The second-order valence-electron chi connectivity index (χ2n) is 4.79. The Morgan fingerprint density at radius 3 is 2.55 bits per heavy atom. The van der Waals surface area contributed by atoms with E-state index in [0.29, 0.717) is 12.1 Å². The van der Waals surface area contributed by atoms with Crippen LogP contribution in [0.4, 0.5) is 10.1 Å². The Morgan fingerprint density at radius 2 is 1.90 bits per heavy atom. The second kappa shape index (κ2) is 6.25. The van der Waals surface area contributed by atoms with Crippen molar-refractivity contribution in [3.05, 3.63) is 64.4 Å². The van der Waals surface area contributed by atoms with Crippen LogP contribution in [0.15, 0.2) is 42.5 Å². The summed E-state index contributed by atoms with van der Waals surface area (Å²) in [4.78, 5) is 1.99. The lowest BCUT2D eigenvalue weighted by Crippen LogP contribution is -2.31. The van der Waals surface area contributed by atoms with Crippen molar-refractivity contribution in [2.45, 2.75) is 13.0 Å². The van der Waals surface area contributed by atoms with Gasteiger partial charge in [-0.1, -0.05) is 41.9 Å². The van der Waals surface area contributed by atoms with E-state index in [0.717, 1.165) is 11.3 Å². The van der Waals surface area contributed by atoms with Crippen LogP contribution in [0.1, 0.15) is 17.2 Å². The molecule has 106 valence electrons. The van der Waals surface area contributed by atoms with E-state index in [4.69, 9.17) is 17.3 Å². The average molecular weight is 293 g/mol. The molecule has 0 aromatic heterocycles. The summed E-state index contributed by atoms with van der Waals surface area (Å²) in [5.74, 6) is -0.398. The number of halogens is 2. The van der Waals surface area contributed by atoms with Gasteiger partial charge < -0.3 is 10.6 Å². The van der Waals surface area contributed by atoms with Gasteiger partial charge in [-0.2, -0.15) is 0 Å². The fraction of sp³-hybridized carbons (Fsp3) is 0.250. The third-order valence-electron chi connectivity index (χ3n) is 3.53. The summed E-state index contributed by atoms with van der Waals surface area (Å²) >= 11 is 5.86. The first-order valence-corrected chi connectivity index (χ1v) is 6.86. The van der Waals surface area contributed by atoms with Gasteiger partial charge in [-0.05, 0) is 24.6 Å². The molecule has 2 N–H and O–H groups in total. The van der Waals surface area contributed by atoms with Crippen molar-refractivity contribution < 1.29 is 4.39 Å². The van der Waals surface area contributed by atoms with Crippen molar-refractivity contribution in [3.63, 3.8) is 0 Å². The molecule has 20 heavy (non-hydrogen) atoms. The van der Waals surface area contributed by atoms with E-state index in [-0.39, 0.29) is 11.1 Å². The molecule has 0 aliphatic rings. The lowest BCUT2D eigenvalue weighted by atomic mass is 10.0. The predicted octanol–water partition coefficient (Wildman–Crippen LogP) is 3.92. The fourth-order valence-electron chi connectivity index (χ4n) is 2.40. The maximum atomic E-state index is 14.2. The Bertz CT molecular complexity index is 601. The van der Waals surface area contributed by atoms with Crippen LogP contribution in [-0.4, -0.2) is 13.6 Å². The van der Waals surface area contributed by atoms with Gasteiger partial charge in [-0.15, -0.1) is 0 Å². The van der Waals surface area contributed by atoms with E-state index in [9.17, 15) is 4.39 Å². The second-order valence-corrected chi connectivity index (χ2v) is 5.20. The molecular weight excluding hydrogens is 275 g/mol. The summed E-state index contributed by atoms with van der Waals surface area (Å²) in [5, 5.41) is 0.124. The molecule has 0 radical (unpaired) electrons. The van der Waals surface area contributed by atoms with Crippen molar-refractivity contribution in [2.24, 2.45) is 5.73 Å². The largest absolute Gasteiger partial charge is 0.366 e. The highest BCUT2D eigenvalue weighted by Crippen LogP contribution is 2.30. The Balaban J connectivity index is 2.42. The van der Waals surface area contributed by atoms with Gasteiger partial charge in [0.05, 0.1) is 11.1 Å². The van der Waals surface area contributed by atoms with E-state index in [1.54, 1.807) is 18.2 Å². The van der Waals surface area contributed by atoms with Crippen molar-refractivity contribution in [2.75, 3.05) is 18.5 Å². The third kappa shape index (κ3) is 2.79. The number of aryl methyl sites for hydroxylation is 1. The standard InChI is InChI=1S/C16H18ClFN2/c1-11-6-3-4-9-14(11)20(2)15(10-19)12-7-5-8-13(17)16(12)18/h3-9,15H,10,19H2,1-2H3. The minimum absolute atomic E-state index is 0.124. The van der Waals surface area contributed by atoms with Crippen LogP contribution >= 0.6 is 11.6 Å². The molecule has 0 saturated heterocycles. The van der Waals surface area contributed by atoms with Gasteiger partial charge in [-0.25, -0.2) is 4.39 Å². The quantitative estimate of drug-likeness (QED) is 0.925. The molecule has 0 fully saturated rings. The third-order valence-corrected chi connectivity index (χ3v) is 3.82. The number of rotatable bonds is 4. The van der Waals surface area contributed by atoms with Crippen molar-refractivity contribution in [1.29, 1.82) is 0 Å². The number of para-hydroxylation sites is 1. The summed E-state index contributed by atoms with van der Waals surface area (Å²) in [7, 11) is 1.92. The Hall–Kier alpha value is -1.58. The van der Waals surface area contributed by atoms with E-state index >= 15 is 0 Å². The first kappa shape index (κ1) is 14.8. The summed E-state index contributed by atoms with van der Waals surface area (Å²) < 4.78 is 14.2. The molecule has 0 aliphatic heterocycles. The number of hydrogen-bond donors (Lipinski definition) is 1. The van der Waals surface area contributed by atoms with Crippen LogP contribution in [0.5, 0.6) is 0 Å². The molecule has 2 aromatic rings. The molecule has 0 heterocycles. The van der Waals surface area contributed by atoms with Gasteiger partial charge >= 0.3 is 0 Å². The monoisotopic (exact) mass is 292 g/mol. The van der Waals surface area contributed by atoms with Crippen molar-refractivity contribution in [1.82, 2.24) is 0 Å². The van der Waals surface area contributed by atoms with Gasteiger partial charge in [0.15, 0.2) is 0 Å². The van der Waals surface area contributed by atoms with Crippen LogP contribution in [0.25, 0.3) is 0 Å². The lowest BCUT2D eigenvalue weighted by Gasteiger charge is -2.31. The smallest absolute Gasteiger partial charge is 0.147 e. The number of hydrogen-bond acceptors (Lipinski definition) is 2. The lowest BCUT2D eigenvalue weighted by molar-refractivity contribution is 0.573. The average Bonchev–Trinajstić information content (AvgIpc) is 2.44. The maximum absolute atomic E-state index is 14.2. The van der Waals surface area contributed by atoms with E-state index in [1.807, 2.05) is 43.1 Å². The van der Waals surface area contributed by atoms with Gasteiger partial charge in [-0.3, -0.25) is 0 Å². The molecule has 0 bridgehead atoms. The van der Waals surface area contributed by atoms with E-state index in [1.165, 1.54) is 0 Å². The van der Waals surface area contributed by atoms with Gasteiger partial charge in [0.2, 0.25) is 0 Å². The molecule has 0 amide bonds. The van der Waals surface area contributed by atoms with Crippen LogP contribution in [0, 0.1) is 12.7 Å². The number of anilines is 1. The molecule has 0 aliphatic carbocycles. The van der Waals surface area contributed by atoms with Crippen LogP contribution in [0.2, 0.25) is 5.02 Å². The summed E-state index contributed by atoms with van der Waals surface area (Å²) in [6, 6.07) is 12.7. The Labute approximate surface area is 124 Å². The van der Waals surface area contributed by atoms with Gasteiger partial charge in [0.25, 0.3) is 0 Å². The Kier molecular flexibility index (Phi) is 4.63. The molecule has 0 saturated carbocycles. The molecule has 1 unspecified atom stereocenters. The minimum Gasteiger partial charge on any atom is -0.366 e. The summed E-state index contributed by atoms with van der Waals surface area (Å²) in [5.41, 5.74) is 8.53. The summed E-state index contributed by atoms with van der Waals surface area (Å²) in [6.07, 6.45) is 0. The molecule has 2 rings (SSSR count). The zero-order valence-electron chi connectivity index (χ0n) is 11.6. The SMILES string of the molecule is Cc1ccccc1N(C)C(CN)c1cccc(Cl)c1F. The maximum Gasteiger partial charge on any atom is 0.147 e. The normalized spacial score (nSPS) is 12.2. The highest BCUT2D eigenvalue weighted by Gasteiger charge is 2.21. The zero-order chi connectivity index (χ0) is 14.7. The Morgan fingerprint density at radius 1 is 1.20 bits per heavy atom. The van der Waals surface area contributed by atoms with Crippen molar-refractivity contribution in [3.8, 4) is 0 Å². The van der Waals surface area contributed by atoms with Crippen LogP contribution in [-0.2, 0) is 0 Å². The van der Waals surface area contributed by atoms with Crippen molar-refractivity contribution >= 4 is 17.3 Å². The van der Waals surface area contributed by atoms with Crippen LogP contribution in [0.3, 0.4) is 0 Å². The topological polar surface area (TPSA) is 29.3 Å². The van der Waals surface area contributed by atoms with E-state index in [2.05, 4.69) is 0 Å². The molecule has 2 aromatic carbocycles. The number of likely N-dealkylation sites (N-methyl/N-ethyl adjacent to an activating group) is 1. The van der Waals surface area contributed by atoms with Gasteiger partial charge in [0, 0.05) is 24.8 Å². The first-order chi connectivity index (χ1) is 9.56. The molecule has 2 nitrogen and oxygen atoms in total. The highest BCUT2D eigenvalue weighted by molar-refractivity contribution is 6.30. The zero-order valence-corrected chi connectivity index (χ0v) is 12.4. The molecule has 4 heteroatoms. The predicted molar refractivity (Wildman–Crippen MR) is 82.8 cm³/mol. The van der Waals surface area contributed by atoms with Gasteiger partial charge in [0.1, 0.15) is 5.82 Å². The number of nitrogens with zero attached hydrogens (tertiary/aromatic N) is 1. The molecule has 1 atom stereocenters.